The van der Waals surface area contributed by atoms with Crippen molar-refractivity contribution < 1.29 is 14.3 Å². The van der Waals surface area contributed by atoms with Gasteiger partial charge in [-0.05, 0) is 74.7 Å². The van der Waals surface area contributed by atoms with Gasteiger partial charge in [-0.2, -0.15) is 10.1 Å². The Morgan fingerprint density at radius 2 is 1.81 bits per heavy atom. The first-order chi connectivity index (χ1) is 12.9. The van der Waals surface area contributed by atoms with Crippen LogP contribution in [0.25, 0.3) is 6.08 Å². The molecule has 27 heavy (non-hydrogen) atoms. The van der Waals surface area contributed by atoms with E-state index in [1.54, 1.807) is 7.11 Å². The molecule has 0 aliphatic carbocycles. The van der Waals surface area contributed by atoms with E-state index in [2.05, 4.69) is 5.10 Å². The van der Waals surface area contributed by atoms with Gasteiger partial charge >= 0.3 is 0 Å². The molecule has 2 aromatic rings. The fourth-order valence-corrected chi connectivity index (χ4v) is 2.93. The van der Waals surface area contributed by atoms with E-state index in [4.69, 9.17) is 9.47 Å². The number of anilines is 1. The first-order valence-electron chi connectivity index (χ1n) is 8.94. The minimum absolute atomic E-state index is 0.136. The van der Waals surface area contributed by atoms with E-state index in [1.807, 2.05) is 70.2 Å². The smallest absolute Gasteiger partial charge is 0.280 e. The van der Waals surface area contributed by atoms with Gasteiger partial charge < -0.3 is 9.47 Å². The number of hydrogen-bond acceptors (Lipinski definition) is 4. The molecule has 140 valence electrons. The Balaban J connectivity index is 1.92. The van der Waals surface area contributed by atoms with Crippen LogP contribution in [-0.4, -0.2) is 25.3 Å². The molecule has 0 bridgehead atoms. The van der Waals surface area contributed by atoms with Crippen LogP contribution >= 0.6 is 0 Å². The van der Waals surface area contributed by atoms with Crippen molar-refractivity contribution in [2.45, 2.75) is 27.7 Å². The Kier molecular flexibility index (Phi) is 5.31. The van der Waals surface area contributed by atoms with Crippen molar-refractivity contribution in [2.24, 2.45) is 5.10 Å². The van der Waals surface area contributed by atoms with E-state index in [1.165, 1.54) is 10.6 Å². The summed E-state index contributed by atoms with van der Waals surface area (Å²) in [5.41, 5.74) is 5.20. The van der Waals surface area contributed by atoms with Gasteiger partial charge in [-0.3, -0.25) is 4.79 Å². The number of hydrogen-bond donors (Lipinski definition) is 0. The number of carbonyl (C=O) groups excluding carboxylic acids is 1. The maximum atomic E-state index is 12.9. The van der Waals surface area contributed by atoms with Crippen molar-refractivity contribution in [1.29, 1.82) is 0 Å². The van der Waals surface area contributed by atoms with Gasteiger partial charge in [0, 0.05) is 0 Å². The van der Waals surface area contributed by atoms with Gasteiger partial charge in [-0.25, -0.2) is 0 Å². The lowest BCUT2D eigenvalue weighted by molar-refractivity contribution is -0.114. The van der Waals surface area contributed by atoms with Crippen LogP contribution in [0, 0.1) is 13.8 Å². The monoisotopic (exact) mass is 364 g/mol. The molecule has 3 rings (SSSR count). The lowest BCUT2D eigenvalue weighted by atomic mass is 10.1. The molecule has 1 amide bonds. The predicted octanol–water partition coefficient (Wildman–Crippen LogP) is 4.52. The minimum Gasteiger partial charge on any atom is -0.493 e. The van der Waals surface area contributed by atoms with E-state index >= 15 is 0 Å². The van der Waals surface area contributed by atoms with Gasteiger partial charge in [0.15, 0.2) is 11.5 Å². The first-order valence-corrected chi connectivity index (χ1v) is 8.94. The van der Waals surface area contributed by atoms with Crippen molar-refractivity contribution in [1.82, 2.24) is 0 Å². The third-order valence-corrected chi connectivity index (χ3v) is 4.60. The maximum Gasteiger partial charge on any atom is 0.280 e. The summed E-state index contributed by atoms with van der Waals surface area (Å²) in [6.45, 7) is 8.40. The average molecular weight is 364 g/mol. The van der Waals surface area contributed by atoms with Crippen LogP contribution in [0.4, 0.5) is 5.69 Å². The van der Waals surface area contributed by atoms with Crippen molar-refractivity contribution in [2.75, 3.05) is 18.7 Å². The third-order valence-electron chi connectivity index (χ3n) is 4.60. The zero-order valence-corrected chi connectivity index (χ0v) is 16.4. The highest BCUT2D eigenvalue weighted by Gasteiger charge is 2.28. The molecule has 0 fully saturated rings. The molecule has 1 aliphatic heterocycles. The number of carbonyl (C=O) groups is 1. The van der Waals surface area contributed by atoms with Crippen LogP contribution in [0.15, 0.2) is 47.1 Å². The summed E-state index contributed by atoms with van der Waals surface area (Å²) in [7, 11) is 1.60. The minimum atomic E-state index is -0.136. The number of amides is 1. The largest absolute Gasteiger partial charge is 0.493 e. The molecule has 0 N–H and O–H groups in total. The Hall–Kier alpha value is -3.08. The van der Waals surface area contributed by atoms with E-state index in [-0.39, 0.29) is 5.91 Å². The Labute approximate surface area is 159 Å². The maximum absolute atomic E-state index is 12.9. The molecule has 5 heteroatoms. The Morgan fingerprint density at radius 1 is 1.04 bits per heavy atom. The summed E-state index contributed by atoms with van der Waals surface area (Å²) in [6.07, 6.45) is 1.83. The number of aryl methyl sites for hydroxylation is 2. The quantitative estimate of drug-likeness (QED) is 0.733. The molecule has 0 radical (unpaired) electrons. The molecular weight excluding hydrogens is 340 g/mol. The topological polar surface area (TPSA) is 51.1 Å². The molecule has 5 nitrogen and oxygen atoms in total. The summed E-state index contributed by atoms with van der Waals surface area (Å²) in [5.74, 6) is 1.18. The van der Waals surface area contributed by atoms with Crippen LogP contribution in [0.5, 0.6) is 11.5 Å². The first kappa shape index (κ1) is 18.7. The summed E-state index contributed by atoms with van der Waals surface area (Å²) in [5, 5.41) is 5.91. The molecule has 0 saturated carbocycles. The summed E-state index contributed by atoms with van der Waals surface area (Å²) in [4.78, 5) is 12.9. The van der Waals surface area contributed by atoms with Gasteiger partial charge in [0.2, 0.25) is 0 Å². The molecule has 2 aromatic carbocycles. The predicted molar refractivity (Wildman–Crippen MR) is 109 cm³/mol. The van der Waals surface area contributed by atoms with Crippen molar-refractivity contribution in [3.63, 3.8) is 0 Å². The third kappa shape index (κ3) is 3.72. The Morgan fingerprint density at radius 3 is 2.48 bits per heavy atom. The summed E-state index contributed by atoms with van der Waals surface area (Å²) >= 11 is 0. The Bertz CT molecular complexity index is 945. The highest BCUT2D eigenvalue weighted by Crippen LogP contribution is 2.31. The lowest BCUT2D eigenvalue weighted by Crippen LogP contribution is -2.21. The highest BCUT2D eigenvalue weighted by molar-refractivity contribution is 6.32. The highest BCUT2D eigenvalue weighted by atomic mass is 16.5. The van der Waals surface area contributed by atoms with E-state index < -0.39 is 0 Å². The summed E-state index contributed by atoms with van der Waals surface area (Å²) in [6, 6.07) is 11.5. The molecule has 1 aliphatic rings. The zero-order chi connectivity index (χ0) is 19.6. The van der Waals surface area contributed by atoms with Gasteiger partial charge in [0.1, 0.15) is 0 Å². The number of hydrazone groups is 1. The molecule has 0 unspecified atom stereocenters. The van der Waals surface area contributed by atoms with Crippen LogP contribution in [-0.2, 0) is 4.79 Å². The number of nitrogens with zero attached hydrogens (tertiary/aromatic N) is 2. The van der Waals surface area contributed by atoms with Gasteiger partial charge in [0.25, 0.3) is 5.91 Å². The van der Waals surface area contributed by atoms with E-state index in [9.17, 15) is 4.79 Å². The second-order valence-electron chi connectivity index (χ2n) is 6.47. The molecule has 0 aromatic heterocycles. The van der Waals surface area contributed by atoms with Crippen molar-refractivity contribution in [3.8, 4) is 11.5 Å². The van der Waals surface area contributed by atoms with E-state index in [0.29, 0.717) is 29.4 Å². The second kappa shape index (κ2) is 7.66. The fourth-order valence-electron chi connectivity index (χ4n) is 2.93. The molecule has 1 heterocycles. The molecule has 0 saturated heterocycles. The lowest BCUT2D eigenvalue weighted by Gasteiger charge is -2.13. The van der Waals surface area contributed by atoms with Crippen molar-refractivity contribution >= 4 is 23.4 Å². The second-order valence-corrected chi connectivity index (χ2v) is 6.47. The van der Waals surface area contributed by atoms with Crippen molar-refractivity contribution in [3.05, 3.63) is 58.7 Å². The van der Waals surface area contributed by atoms with Gasteiger partial charge in [-0.1, -0.05) is 12.1 Å². The van der Waals surface area contributed by atoms with E-state index in [0.717, 1.165) is 16.8 Å². The van der Waals surface area contributed by atoms with Crippen LogP contribution in [0.2, 0.25) is 0 Å². The molecule has 0 atom stereocenters. The van der Waals surface area contributed by atoms with Gasteiger partial charge in [0.05, 0.1) is 30.7 Å². The fraction of sp³-hybridized carbons (Fsp3) is 0.273. The van der Waals surface area contributed by atoms with Crippen LogP contribution in [0.1, 0.15) is 30.5 Å². The van der Waals surface area contributed by atoms with Gasteiger partial charge in [-0.15, -0.1) is 0 Å². The normalized spacial score (nSPS) is 15.3. The van der Waals surface area contributed by atoms with Crippen LogP contribution < -0.4 is 14.5 Å². The standard InChI is InChI=1S/C22H24N2O3/c1-6-27-20-10-8-17(13-21(20)26-5)12-19-16(4)23-24(22(19)25)18-9-7-14(2)15(3)11-18/h7-13H,6H2,1-5H3/b19-12+. The average Bonchev–Trinajstić information content (AvgIpc) is 2.93. The number of methoxy groups -OCH3 is 1. The number of benzene rings is 2. The van der Waals surface area contributed by atoms with Crippen LogP contribution in [0.3, 0.4) is 0 Å². The summed E-state index contributed by atoms with van der Waals surface area (Å²) < 4.78 is 10.9. The number of rotatable bonds is 5. The number of ether oxygens (including phenoxy) is 2. The SMILES string of the molecule is CCOc1ccc(/C=C2/C(=O)N(c3ccc(C)c(C)c3)N=C2C)cc1OC. The molecular formula is C22H24N2O3. The zero-order valence-electron chi connectivity index (χ0n) is 16.4. The molecule has 0 spiro atoms.